The van der Waals surface area contributed by atoms with Crippen LogP contribution in [0, 0.1) is 0 Å². The van der Waals surface area contributed by atoms with E-state index in [0.29, 0.717) is 25.6 Å². The molecule has 0 aromatic carbocycles. The van der Waals surface area contributed by atoms with Crippen LogP contribution in [0.2, 0.25) is 0 Å². The normalized spacial score (nSPS) is 16.1. The average molecular weight is 269 g/mol. The summed E-state index contributed by atoms with van der Waals surface area (Å²) in [6, 6.07) is 3.83. The number of carbonyl (C=O) groups is 1. The summed E-state index contributed by atoms with van der Waals surface area (Å²) in [5.41, 5.74) is 2.10. The quantitative estimate of drug-likeness (QED) is 0.788. The Balaban J connectivity index is 2.13. The van der Waals surface area contributed by atoms with E-state index in [1.165, 1.54) is 0 Å². The molecule has 0 radical (unpaired) electrons. The second-order valence-corrected chi connectivity index (χ2v) is 4.97. The molecule has 98 valence electrons. The first-order valence-electron chi connectivity index (χ1n) is 6.16. The number of alkyl halides is 1. The number of ether oxygens (including phenoxy) is 1. The van der Waals surface area contributed by atoms with Gasteiger partial charge in [0.25, 0.3) is 0 Å². The van der Waals surface area contributed by atoms with Crippen LogP contribution in [0.3, 0.4) is 0 Å². The van der Waals surface area contributed by atoms with Crippen molar-refractivity contribution in [2.24, 2.45) is 0 Å². The van der Waals surface area contributed by atoms with Crippen molar-refractivity contribution in [3.8, 4) is 5.88 Å². The van der Waals surface area contributed by atoms with E-state index in [-0.39, 0.29) is 5.91 Å². The number of pyridine rings is 1. The van der Waals surface area contributed by atoms with E-state index in [2.05, 4.69) is 4.98 Å². The van der Waals surface area contributed by atoms with E-state index in [1.807, 2.05) is 19.1 Å². The summed E-state index contributed by atoms with van der Waals surface area (Å²) in [6.07, 6.45) is 0.756. The van der Waals surface area contributed by atoms with Crippen LogP contribution < -0.4 is 4.74 Å². The van der Waals surface area contributed by atoms with Crippen LogP contribution >= 0.6 is 11.6 Å². The third kappa shape index (κ3) is 2.75. The number of nitrogens with zero attached hydrogens (tertiary/aromatic N) is 2. The first-order chi connectivity index (χ1) is 8.61. The SMILES string of the molecule is CCOc1ccc2c(n1)CCN(C(=O)C(C)Cl)C2. The largest absolute Gasteiger partial charge is 0.478 e. The Kier molecular flexibility index (Phi) is 4.07. The minimum atomic E-state index is -0.470. The van der Waals surface area contributed by atoms with E-state index in [1.54, 1.807) is 11.8 Å². The third-order valence-corrected chi connectivity index (χ3v) is 3.15. The zero-order valence-corrected chi connectivity index (χ0v) is 11.4. The summed E-state index contributed by atoms with van der Waals surface area (Å²) in [6.45, 7) is 5.51. The van der Waals surface area contributed by atoms with Gasteiger partial charge in [0.05, 0.1) is 12.3 Å². The first-order valence-corrected chi connectivity index (χ1v) is 6.60. The van der Waals surface area contributed by atoms with Gasteiger partial charge < -0.3 is 9.64 Å². The van der Waals surface area contributed by atoms with Crippen LogP contribution in [-0.2, 0) is 17.8 Å². The van der Waals surface area contributed by atoms with Crippen molar-refractivity contribution < 1.29 is 9.53 Å². The fourth-order valence-corrected chi connectivity index (χ4v) is 2.20. The van der Waals surface area contributed by atoms with Gasteiger partial charge in [-0.15, -0.1) is 11.6 Å². The number of amides is 1. The Hall–Kier alpha value is -1.29. The monoisotopic (exact) mass is 268 g/mol. The number of hydrogen-bond acceptors (Lipinski definition) is 3. The van der Waals surface area contributed by atoms with Gasteiger partial charge in [0, 0.05) is 25.6 Å². The maximum absolute atomic E-state index is 11.8. The molecule has 2 rings (SSSR count). The summed E-state index contributed by atoms with van der Waals surface area (Å²) >= 11 is 5.83. The molecule has 0 aliphatic carbocycles. The smallest absolute Gasteiger partial charge is 0.240 e. The lowest BCUT2D eigenvalue weighted by Gasteiger charge is -2.29. The van der Waals surface area contributed by atoms with E-state index >= 15 is 0 Å². The molecule has 18 heavy (non-hydrogen) atoms. The van der Waals surface area contributed by atoms with Gasteiger partial charge in [0.2, 0.25) is 11.8 Å². The van der Waals surface area contributed by atoms with Gasteiger partial charge in [0.1, 0.15) is 5.38 Å². The standard InChI is InChI=1S/C13H17ClN2O2/c1-3-18-12-5-4-10-8-16(13(17)9(2)14)7-6-11(10)15-12/h4-5,9H,3,6-8H2,1-2H3. The van der Waals surface area contributed by atoms with Gasteiger partial charge >= 0.3 is 0 Å². The molecule has 0 N–H and O–H groups in total. The second-order valence-electron chi connectivity index (χ2n) is 4.31. The number of fused-ring (bicyclic) bond motifs is 1. The van der Waals surface area contributed by atoms with Gasteiger partial charge in [-0.2, -0.15) is 0 Å². The van der Waals surface area contributed by atoms with Crippen molar-refractivity contribution in [1.82, 2.24) is 9.88 Å². The minimum Gasteiger partial charge on any atom is -0.478 e. The van der Waals surface area contributed by atoms with Crippen LogP contribution in [-0.4, -0.2) is 34.3 Å². The van der Waals surface area contributed by atoms with Crippen LogP contribution in [0.4, 0.5) is 0 Å². The molecule has 0 saturated carbocycles. The Morgan fingerprint density at radius 1 is 1.61 bits per heavy atom. The fourth-order valence-electron chi connectivity index (χ4n) is 2.06. The van der Waals surface area contributed by atoms with Crippen LogP contribution in [0.25, 0.3) is 0 Å². The van der Waals surface area contributed by atoms with Crippen molar-refractivity contribution in [3.05, 3.63) is 23.4 Å². The number of aromatic nitrogens is 1. The zero-order chi connectivity index (χ0) is 13.1. The maximum Gasteiger partial charge on any atom is 0.240 e. The molecule has 5 heteroatoms. The van der Waals surface area contributed by atoms with Gasteiger partial charge in [-0.25, -0.2) is 4.98 Å². The first kappa shape index (κ1) is 13.1. The molecule has 0 fully saturated rings. The van der Waals surface area contributed by atoms with Gasteiger partial charge in [-0.1, -0.05) is 6.07 Å². The van der Waals surface area contributed by atoms with Crippen LogP contribution in [0.15, 0.2) is 12.1 Å². The van der Waals surface area contributed by atoms with Crippen molar-refractivity contribution in [2.45, 2.75) is 32.2 Å². The Morgan fingerprint density at radius 2 is 2.39 bits per heavy atom. The lowest BCUT2D eigenvalue weighted by molar-refractivity contribution is -0.131. The van der Waals surface area contributed by atoms with Gasteiger partial charge in [0.15, 0.2) is 0 Å². The highest BCUT2D eigenvalue weighted by Crippen LogP contribution is 2.21. The molecular formula is C13H17ClN2O2. The molecular weight excluding hydrogens is 252 g/mol. The van der Waals surface area contributed by atoms with E-state index in [0.717, 1.165) is 17.7 Å². The molecule has 4 nitrogen and oxygen atoms in total. The molecule has 1 aliphatic heterocycles. The molecule has 1 aromatic rings. The highest BCUT2D eigenvalue weighted by Gasteiger charge is 2.24. The molecule has 1 unspecified atom stereocenters. The molecule has 1 amide bonds. The topological polar surface area (TPSA) is 42.4 Å². The van der Waals surface area contributed by atoms with Crippen LogP contribution in [0.1, 0.15) is 25.1 Å². The number of carbonyl (C=O) groups excluding carboxylic acids is 1. The fraction of sp³-hybridized carbons (Fsp3) is 0.538. The van der Waals surface area contributed by atoms with Crippen LogP contribution in [0.5, 0.6) is 5.88 Å². The molecule has 1 aliphatic rings. The second kappa shape index (κ2) is 5.57. The molecule has 0 bridgehead atoms. The minimum absolute atomic E-state index is 0.0174. The van der Waals surface area contributed by atoms with Crippen molar-refractivity contribution >= 4 is 17.5 Å². The Labute approximate surface area is 112 Å². The Morgan fingerprint density at radius 3 is 3.06 bits per heavy atom. The van der Waals surface area contributed by atoms with Crippen molar-refractivity contribution in [2.75, 3.05) is 13.2 Å². The van der Waals surface area contributed by atoms with E-state index in [4.69, 9.17) is 16.3 Å². The van der Waals surface area contributed by atoms with E-state index in [9.17, 15) is 4.79 Å². The summed E-state index contributed by atoms with van der Waals surface area (Å²) in [4.78, 5) is 18.1. The van der Waals surface area contributed by atoms with Crippen molar-refractivity contribution in [3.63, 3.8) is 0 Å². The molecule has 2 heterocycles. The number of halogens is 1. The highest BCUT2D eigenvalue weighted by molar-refractivity contribution is 6.30. The summed E-state index contributed by atoms with van der Waals surface area (Å²) in [7, 11) is 0. The molecule has 0 saturated heterocycles. The summed E-state index contributed by atoms with van der Waals surface area (Å²) in [5, 5.41) is -0.470. The zero-order valence-electron chi connectivity index (χ0n) is 10.6. The highest BCUT2D eigenvalue weighted by atomic mass is 35.5. The lowest BCUT2D eigenvalue weighted by atomic mass is 10.1. The molecule has 1 atom stereocenters. The predicted octanol–water partition coefficient (Wildman–Crippen LogP) is 1.99. The maximum atomic E-state index is 11.8. The van der Waals surface area contributed by atoms with E-state index < -0.39 is 5.38 Å². The number of hydrogen-bond donors (Lipinski definition) is 0. The average Bonchev–Trinajstić information content (AvgIpc) is 2.37. The van der Waals surface area contributed by atoms with Gasteiger partial charge in [-0.3, -0.25) is 4.79 Å². The third-order valence-electron chi connectivity index (χ3n) is 2.97. The lowest BCUT2D eigenvalue weighted by Crippen LogP contribution is -2.39. The summed E-state index contributed by atoms with van der Waals surface area (Å²) < 4.78 is 5.37. The molecule has 0 spiro atoms. The Bertz CT molecular complexity index is 449. The predicted molar refractivity (Wildman–Crippen MR) is 69.8 cm³/mol. The molecule has 1 aromatic heterocycles. The van der Waals surface area contributed by atoms with Gasteiger partial charge in [-0.05, 0) is 19.4 Å². The summed E-state index contributed by atoms with van der Waals surface area (Å²) in [5.74, 6) is 0.637. The number of rotatable bonds is 3. The van der Waals surface area contributed by atoms with Crippen molar-refractivity contribution in [1.29, 1.82) is 0 Å².